The lowest BCUT2D eigenvalue weighted by Gasteiger charge is -2.30. The molecule has 7 heteroatoms. The van der Waals surface area contributed by atoms with E-state index in [0.717, 1.165) is 55.8 Å². The van der Waals surface area contributed by atoms with Gasteiger partial charge in [-0.2, -0.15) is 10.1 Å². The summed E-state index contributed by atoms with van der Waals surface area (Å²) in [5.74, 6) is 4.39. The number of likely N-dealkylation sites (tertiary alicyclic amines) is 1. The van der Waals surface area contributed by atoms with Crippen LogP contribution in [0.15, 0.2) is 4.52 Å². The van der Waals surface area contributed by atoms with E-state index in [-0.39, 0.29) is 0 Å². The first-order valence-corrected chi connectivity index (χ1v) is 7.71. The Balaban J connectivity index is 1.40. The Bertz CT molecular complexity index is 617. The molecule has 7 nitrogen and oxygen atoms in total. The predicted octanol–water partition coefficient (Wildman–Crippen LogP) is 1.75. The molecule has 4 rings (SSSR count). The van der Waals surface area contributed by atoms with Crippen LogP contribution in [0.1, 0.15) is 60.9 Å². The summed E-state index contributed by atoms with van der Waals surface area (Å²) in [4.78, 5) is 11.3. The normalized spacial score (nSPS) is 23.6. The minimum absolute atomic E-state index is 0.398. The molecular weight excluding hydrogens is 268 g/mol. The fourth-order valence-corrected chi connectivity index (χ4v) is 2.98. The van der Waals surface area contributed by atoms with Crippen molar-refractivity contribution in [3.63, 3.8) is 0 Å². The van der Waals surface area contributed by atoms with Crippen LogP contribution in [-0.2, 0) is 6.54 Å². The van der Waals surface area contributed by atoms with Gasteiger partial charge in [-0.15, -0.1) is 0 Å². The molecular formula is C14H20N6O. The van der Waals surface area contributed by atoms with E-state index in [1.165, 1.54) is 12.8 Å². The Labute approximate surface area is 123 Å². The van der Waals surface area contributed by atoms with E-state index in [0.29, 0.717) is 11.8 Å². The summed E-state index contributed by atoms with van der Waals surface area (Å²) in [6.45, 7) is 4.70. The number of nitrogens with one attached hydrogen (secondary N) is 1. The van der Waals surface area contributed by atoms with E-state index in [1.807, 2.05) is 6.92 Å². The maximum atomic E-state index is 5.37. The van der Waals surface area contributed by atoms with E-state index in [9.17, 15) is 0 Å². The molecule has 2 aromatic rings. The van der Waals surface area contributed by atoms with Gasteiger partial charge in [0.15, 0.2) is 11.6 Å². The molecule has 21 heavy (non-hydrogen) atoms. The van der Waals surface area contributed by atoms with Crippen LogP contribution >= 0.6 is 0 Å². The quantitative estimate of drug-likeness (QED) is 0.922. The van der Waals surface area contributed by atoms with Crippen LogP contribution in [0.3, 0.4) is 0 Å². The summed E-state index contributed by atoms with van der Waals surface area (Å²) in [6.07, 6.45) is 4.71. The molecule has 1 aliphatic heterocycles. The molecule has 2 aromatic heterocycles. The van der Waals surface area contributed by atoms with Crippen molar-refractivity contribution in [2.45, 2.75) is 51.0 Å². The number of rotatable bonds is 4. The second-order valence-corrected chi connectivity index (χ2v) is 6.17. The minimum Gasteiger partial charge on any atom is -0.338 e. The molecule has 1 unspecified atom stereocenters. The highest BCUT2D eigenvalue weighted by molar-refractivity contribution is 5.04. The summed E-state index contributed by atoms with van der Waals surface area (Å²) >= 11 is 0. The van der Waals surface area contributed by atoms with Gasteiger partial charge in [0.05, 0.1) is 6.54 Å². The molecule has 0 radical (unpaired) electrons. The first kappa shape index (κ1) is 12.9. The average Bonchev–Trinajstić information content (AvgIpc) is 3.09. The molecule has 2 fully saturated rings. The first-order chi connectivity index (χ1) is 10.3. The fourth-order valence-electron chi connectivity index (χ4n) is 2.98. The molecule has 2 aliphatic rings. The van der Waals surface area contributed by atoms with E-state index >= 15 is 0 Å². The van der Waals surface area contributed by atoms with Crippen molar-refractivity contribution in [2.75, 3.05) is 13.1 Å². The molecule has 1 atom stereocenters. The minimum atomic E-state index is 0.398. The highest BCUT2D eigenvalue weighted by atomic mass is 16.5. The Kier molecular flexibility index (Phi) is 3.21. The van der Waals surface area contributed by atoms with Crippen molar-refractivity contribution in [3.05, 3.63) is 23.4 Å². The third-order valence-electron chi connectivity index (χ3n) is 4.27. The summed E-state index contributed by atoms with van der Waals surface area (Å²) < 4.78 is 5.37. The largest absolute Gasteiger partial charge is 0.338 e. The molecule has 1 aliphatic carbocycles. The van der Waals surface area contributed by atoms with E-state index in [4.69, 9.17) is 4.52 Å². The number of aryl methyl sites for hydroxylation is 1. The lowest BCUT2D eigenvalue weighted by Crippen LogP contribution is -2.34. The molecule has 0 amide bonds. The van der Waals surface area contributed by atoms with Gasteiger partial charge in [-0.05, 0) is 39.2 Å². The molecule has 112 valence electrons. The zero-order chi connectivity index (χ0) is 14.2. The number of aromatic amines is 1. The first-order valence-electron chi connectivity index (χ1n) is 7.71. The Morgan fingerprint density at radius 2 is 2.10 bits per heavy atom. The second-order valence-electron chi connectivity index (χ2n) is 6.17. The molecule has 0 bridgehead atoms. The van der Waals surface area contributed by atoms with Crippen molar-refractivity contribution in [3.8, 4) is 0 Å². The number of H-pyrrole nitrogens is 1. The Morgan fingerprint density at radius 1 is 1.19 bits per heavy atom. The van der Waals surface area contributed by atoms with Crippen LogP contribution in [0.5, 0.6) is 0 Å². The van der Waals surface area contributed by atoms with Crippen molar-refractivity contribution >= 4 is 0 Å². The highest BCUT2D eigenvalue weighted by Gasteiger charge is 2.30. The van der Waals surface area contributed by atoms with Crippen molar-refractivity contribution in [1.29, 1.82) is 0 Å². The second kappa shape index (κ2) is 5.22. The lowest BCUT2D eigenvalue weighted by atomic mass is 9.97. The van der Waals surface area contributed by atoms with Crippen LogP contribution in [0.2, 0.25) is 0 Å². The predicted molar refractivity (Wildman–Crippen MR) is 74.6 cm³/mol. The molecule has 1 saturated heterocycles. The van der Waals surface area contributed by atoms with Crippen LogP contribution in [0.25, 0.3) is 0 Å². The Hall–Kier alpha value is -1.76. The zero-order valence-corrected chi connectivity index (χ0v) is 12.2. The van der Waals surface area contributed by atoms with Crippen LogP contribution in [0.4, 0.5) is 0 Å². The molecule has 1 saturated carbocycles. The third kappa shape index (κ3) is 2.83. The van der Waals surface area contributed by atoms with Gasteiger partial charge in [0.1, 0.15) is 5.82 Å². The summed E-state index contributed by atoms with van der Waals surface area (Å²) in [6, 6.07) is 0. The molecule has 0 spiro atoms. The van der Waals surface area contributed by atoms with Crippen molar-refractivity contribution in [1.82, 2.24) is 30.2 Å². The van der Waals surface area contributed by atoms with E-state index in [1.54, 1.807) is 0 Å². The number of nitrogens with zero attached hydrogens (tertiary/aromatic N) is 5. The van der Waals surface area contributed by atoms with Gasteiger partial charge in [0.2, 0.25) is 5.89 Å². The summed E-state index contributed by atoms with van der Waals surface area (Å²) in [7, 11) is 0. The maximum Gasteiger partial charge on any atom is 0.240 e. The van der Waals surface area contributed by atoms with Crippen LogP contribution in [0, 0.1) is 6.92 Å². The highest BCUT2D eigenvalue weighted by Crippen LogP contribution is 2.38. The standard InChI is InChI=1S/C14H20N6O/c1-9-15-13(18-17-9)11-3-2-6-20(7-11)8-12-16-14(19-21-12)10-4-5-10/h10-11H,2-8H2,1H3,(H,15,17,18). The third-order valence-corrected chi connectivity index (χ3v) is 4.27. The van der Waals surface area contributed by atoms with Crippen LogP contribution in [-0.4, -0.2) is 43.3 Å². The van der Waals surface area contributed by atoms with Crippen molar-refractivity contribution in [2.24, 2.45) is 0 Å². The SMILES string of the molecule is Cc1nc(C2CCCN(Cc3nc(C4CC4)no3)C2)n[nH]1. The average molecular weight is 288 g/mol. The maximum absolute atomic E-state index is 5.37. The monoisotopic (exact) mass is 288 g/mol. The van der Waals surface area contributed by atoms with E-state index in [2.05, 4.69) is 30.2 Å². The number of hydrogen-bond donors (Lipinski definition) is 1. The van der Waals surface area contributed by atoms with Gasteiger partial charge in [-0.3, -0.25) is 10.00 Å². The van der Waals surface area contributed by atoms with Gasteiger partial charge in [0.25, 0.3) is 0 Å². The molecule has 1 N–H and O–H groups in total. The lowest BCUT2D eigenvalue weighted by molar-refractivity contribution is 0.174. The number of aromatic nitrogens is 5. The number of piperidine rings is 1. The van der Waals surface area contributed by atoms with Gasteiger partial charge >= 0.3 is 0 Å². The summed E-state index contributed by atoms with van der Waals surface area (Å²) in [5.41, 5.74) is 0. The molecule has 3 heterocycles. The molecule has 0 aromatic carbocycles. The van der Waals surface area contributed by atoms with Gasteiger partial charge in [0, 0.05) is 18.4 Å². The van der Waals surface area contributed by atoms with Crippen molar-refractivity contribution < 1.29 is 4.52 Å². The van der Waals surface area contributed by atoms with Gasteiger partial charge in [-0.1, -0.05) is 5.16 Å². The van der Waals surface area contributed by atoms with Crippen LogP contribution < -0.4 is 0 Å². The smallest absolute Gasteiger partial charge is 0.240 e. The fraction of sp³-hybridized carbons (Fsp3) is 0.714. The van der Waals surface area contributed by atoms with Gasteiger partial charge < -0.3 is 4.52 Å². The topological polar surface area (TPSA) is 83.7 Å². The Morgan fingerprint density at radius 3 is 2.86 bits per heavy atom. The number of hydrogen-bond acceptors (Lipinski definition) is 6. The summed E-state index contributed by atoms with van der Waals surface area (Å²) in [5, 5.41) is 11.3. The van der Waals surface area contributed by atoms with Gasteiger partial charge in [-0.25, -0.2) is 4.98 Å². The van der Waals surface area contributed by atoms with E-state index < -0.39 is 0 Å². The zero-order valence-electron chi connectivity index (χ0n) is 12.2.